The predicted molar refractivity (Wildman–Crippen MR) is 101 cm³/mol. The highest BCUT2D eigenvalue weighted by atomic mass is 15.2. The third-order valence-electron chi connectivity index (χ3n) is 5.95. The van der Waals surface area contributed by atoms with E-state index in [4.69, 9.17) is 0 Å². The molecule has 0 amide bonds. The van der Waals surface area contributed by atoms with Gasteiger partial charge >= 0.3 is 0 Å². The monoisotopic (exact) mass is 338 g/mol. The summed E-state index contributed by atoms with van der Waals surface area (Å²) in [5.41, 5.74) is 3.76. The van der Waals surface area contributed by atoms with Crippen LogP contribution in [0.15, 0.2) is 36.4 Å². The van der Waals surface area contributed by atoms with E-state index in [1.807, 2.05) is 0 Å². The molecule has 2 heterocycles. The van der Waals surface area contributed by atoms with Crippen molar-refractivity contribution in [1.29, 1.82) is 0 Å². The maximum Gasteiger partial charge on any atom is 0.0640 e. The number of aromatic amines is 1. The molecule has 4 nitrogen and oxygen atoms in total. The first-order valence-electron chi connectivity index (χ1n) is 9.70. The molecule has 4 atom stereocenters. The number of benzene rings is 1. The maximum absolute atomic E-state index is 4.38. The molecule has 134 valence electrons. The second kappa shape index (κ2) is 7.30. The van der Waals surface area contributed by atoms with Gasteiger partial charge in [-0.1, -0.05) is 30.3 Å². The highest BCUT2D eigenvalue weighted by molar-refractivity contribution is 5.15. The van der Waals surface area contributed by atoms with Crippen LogP contribution in [0.5, 0.6) is 0 Å². The third-order valence-corrected chi connectivity index (χ3v) is 5.95. The van der Waals surface area contributed by atoms with Crippen LogP contribution in [0.25, 0.3) is 0 Å². The Morgan fingerprint density at radius 2 is 2.08 bits per heavy atom. The van der Waals surface area contributed by atoms with Gasteiger partial charge in [0.2, 0.25) is 0 Å². The van der Waals surface area contributed by atoms with E-state index in [1.54, 1.807) is 0 Å². The number of likely N-dealkylation sites (tertiary alicyclic amines) is 1. The van der Waals surface area contributed by atoms with Gasteiger partial charge in [-0.3, -0.25) is 10.00 Å². The van der Waals surface area contributed by atoms with Crippen LogP contribution in [-0.2, 0) is 13.0 Å². The summed E-state index contributed by atoms with van der Waals surface area (Å²) in [6, 6.07) is 14.2. The fourth-order valence-electron chi connectivity index (χ4n) is 4.85. The molecule has 1 aliphatic heterocycles. The van der Waals surface area contributed by atoms with E-state index in [0.29, 0.717) is 12.1 Å². The molecule has 25 heavy (non-hydrogen) atoms. The average molecular weight is 338 g/mol. The molecule has 1 aliphatic carbocycles. The zero-order valence-electron chi connectivity index (χ0n) is 15.4. The SMILES string of the molecule is Cc1cc(C[C@H](C)N[C@@H]2CC[C@H]3CN(Cc4ccccc4)C[C@@H]32)n[nH]1. The molecule has 1 aromatic heterocycles. The molecule has 2 N–H and O–H groups in total. The van der Waals surface area contributed by atoms with Crippen LogP contribution in [0.3, 0.4) is 0 Å². The first kappa shape index (κ1) is 16.8. The number of nitrogens with one attached hydrogen (secondary N) is 2. The van der Waals surface area contributed by atoms with E-state index in [1.165, 1.54) is 37.2 Å². The number of rotatable bonds is 6. The van der Waals surface area contributed by atoms with Crippen LogP contribution >= 0.6 is 0 Å². The number of aryl methyl sites for hydroxylation is 1. The Balaban J connectivity index is 1.30. The lowest BCUT2D eigenvalue weighted by Crippen LogP contribution is -2.41. The van der Waals surface area contributed by atoms with Crippen LogP contribution in [0.4, 0.5) is 0 Å². The van der Waals surface area contributed by atoms with Gasteiger partial charge in [0.1, 0.15) is 0 Å². The first-order chi connectivity index (χ1) is 12.2. The van der Waals surface area contributed by atoms with E-state index in [9.17, 15) is 0 Å². The van der Waals surface area contributed by atoms with E-state index >= 15 is 0 Å². The molecule has 0 unspecified atom stereocenters. The molecule has 1 saturated carbocycles. The van der Waals surface area contributed by atoms with Gasteiger partial charge in [0.05, 0.1) is 5.69 Å². The fourth-order valence-corrected chi connectivity index (χ4v) is 4.85. The fraction of sp³-hybridized carbons (Fsp3) is 0.571. The van der Waals surface area contributed by atoms with Crippen LogP contribution in [-0.4, -0.2) is 40.3 Å². The number of aromatic nitrogens is 2. The summed E-state index contributed by atoms with van der Waals surface area (Å²) in [5.74, 6) is 1.69. The van der Waals surface area contributed by atoms with Gasteiger partial charge in [0.15, 0.2) is 0 Å². The lowest BCUT2D eigenvalue weighted by molar-refractivity contribution is 0.282. The van der Waals surface area contributed by atoms with Gasteiger partial charge in [-0.2, -0.15) is 5.10 Å². The molecular formula is C21H30N4. The molecule has 2 fully saturated rings. The second-order valence-corrected chi connectivity index (χ2v) is 8.10. The van der Waals surface area contributed by atoms with E-state index < -0.39 is 0 Å². The highest BCUT2D eigenvalue weighted by Crippen LogP contribution is 2.38. The van der Waals surface area contributed by atoms with E-state index in [0.717, 1.165) is 30.5 Å². The number of nitrogens with zero attached hydrogens (tertiary/aromatic N) is 2. The van der Waals surface area contributed by atoms with Crippen molar-refractivity contribution in [2.24, 2.45) is 11.8 Å². The number of hydrogen-bond acceptors (Lipinski definition) is 3. The lowest BCUT2D eigenvalue weighted by Gasteiger charge is -2.25. The van der Waals surface area contributed by atoms with E-state index in [2.05, 4.69) is 70.7 Å². The van der Waals surface area contributed by atoms with Gasteiger partial charge in [-0.25, -0.2) is 0 Å². The van der Waals surface area contributed by atoms with Crippen LogP contribution in [0.1, 0.15) is 36.7 Å². The van der Waals surface area contributed by atoms with Gasteiger partial charge in [0, 0.05) is 43.8 Å². The third kappa shape index (κ3) is 3.96. The Morgan fingerprint density at radius 1 is 1.24 bits per heavy atom. The number of H-pyrrole nitrogens is 1. The molecule has 1 aromatic carbocycles. The minimum atomic E-state index is 0.481. The summed E-state index contributed by atoms with van der Waals surface area (Å²) < 4.78 is 0. The van der Waals surface area contributed by atoms with Crippen molar-refractivity contribution in [2.75, 3.05) is 13.1 Å². The van der Waals surface area contributed by atoms with Gasteiger partial charge in [-0.15, -0.1) is 0 Å². The quantitative estimate of drug-likeness (QED) is 0.850. The summed E-state index contributed by atoms with van der Waals surface area (Å²) in [7, 11) is 0. The summed E-state index contributed by atoms with van der Waals surface area (Å²) in [5, 5.41) is 11.3. The summed E-state index contributed by atoms with van der Waals surface area (Å²) in [4.78, 5) is 2.65. The molecule has 2 aliphatic rings. The Labute approximate surface area is 151 Å². The molecule has 2 aromatic rings. The Kier molecular flexibility index (Phi) is 4.91. The number of hydrogen-bond donors (Lipinski definition) is 2. The van der Waals surface area contributed by atoms with Gasteiger partial charge in [-0.05, 0) is 50.2 Å². The highest BCUT2D eigenvalue weighted by Gasteiger charge is 2.42. The smallest absolute Gasteiger partial charge is 0.0640 e. The largest absolute Gasteiger partial charge is 0.311 e. The van der Waals surface area contributed by atoms with Crippen molar-refractivity contribution >= 4 is 0 Å². The maximum atomic E-state index is 4.38. The van der Waals surface area contributed by atoms with Gasteiger partial charge in [0.25, 0.3) is 0 Å². The Hall–Kier alpha value is -1.65. The zero-order valence-corrected chi connectivity index (χ0v) is 15.4. The lowest BCUT2D eigenvalue weighted by atomic mass is 9.97. The normalized spacial score (nSPS) is 27.5. The minimum Gasteiger partial charge on any atom is -0.311 e. The van der Waals surface area contributed by atoms with Crippen molar-refractivity contribution < 1.29 is 0 Å². The standard InChI is InChI=1S/C21H30N4/c1-15(10-19-11-16(2)23-24-19)22-21-9-8-18-13-25(14-20(18)21)12-17-6-4-3-5-7-17/h3-7,11,15,18,20-22H,8-10,12-14H2,1-2H3,(H,23,24)/t15-,18-,20-,21+/m0/s1. The second-order valence-electron chi connectivity index (χ2n) is 8.10. The van der Waals surface area contributed by atoms with Crippen LogP contribution in [0, 0.1) is 18.8 Å². The molecular weight excluding hydrogens is 308 g/mol. The Morgan fingerprint density at radius 3 is 2.84 bits per heavy atom. The first-order valence-corrected chi connectivity index (χ1v) is 9.70. The number of fused-ring (bicyclic) bond motifs is 1. The Bertz CT molecular complexity index is 680. The van der Waals surface area contributed by atoms with Crippen molar-refractivity contribution in [3.63, 3.8) is 0 Å². The van der Waals surface area contributed by atoms with Crippen molar-refractivity contribution in [3.05, 3.63) is 53.3 Å². The molecule has 0 bridgehead atoms. The van der Waals surface area contributed by atoms with Crippen molar-refractivity contribution in [2.45, 2.75) is 51.7 Å². The molecule has 0 spiro atoms. The predicted octanol–water partition coefficient (Wildman–Crippen LogP) is 3.15. The zero-order chi connectivity index (χ0) is 17.2. The van der Waals surface area contributed by atoms with Crippen LogP contribution in [0.2, 0.25) is 0 Å². The molecule has 1 saturated heterocycles. The summed E-state index contributed by atoms with van der Waals surface area (Å²) in [6.07, 6.45) is 3.71. The summed E-state index contributed by atoms with van der Waals surface area (Å²) in [6.45, 7) is 7.98. The van der Waals surface area contributed by atoms with E-state index in [-0.39, 0.29) is 0 Å². The molecule has 0 radical (unpaired) electrons. The molecule has 4 rings (SSSR count). The topological polar surface area (TPSA) is 44.0 Å². The van der Waals surface area contributed by atoms with Crippen LogP contribution < -0.4 is 5.32 Å². The van der Waals surface area contributed by atoms with Gasteiger partial charge < -0.3 is 5.32 Å². The van der Waals surface area contributed by atoms with Crippen molar-refractivity contribution in [1.82, 2.24) is 20.4 Å². The molecule has 4 heteroatoms. The summed E-state index contributed by atoms with van der Waals surface area (Å²) >= 11 is 0. The minimum absolute atomic E-state index is 0.481. The average Bonchev–Trinajstić information content (AvgIpc) is 3.27. The van der Waals surface area contributed by atoms with Crippen molar-refractivity contribution in [3.8, 4) is 0 Å².